The summed E-state index contributed by atoms with van der Waals surface area (Å²) < 4.78 is 19.4. The number of halogens is 1. The standard InChI is InChI=1S/C17H24FNO/c1-4-6-7-15(19-10-5-2)17-12(3)14-11-13(18)8-9-16(14)20-17/h8-9,11,15,19H,4-7,10H2,1-3H3. The molecule has 20 heavy (non-hydrogen) atoms. The molecule has 0 radical (unpaired) electrons. The van der Waals surface area contributed by atoms with E-state index < -0.39 is 0 Å². The van der Waals surface area contributed by atoms with Crippen molar-refractivity contribution in [3.63, 3.8) is 0 Å². The molecule has 2 nitrogen and oxygen atoms in total. The number of furan rings is 1. The first-order valence-corrected chi connectivity index (χ1v) is 7.59. The van der Waals surface area contributed by atoms with Crippen molar-refractivity contribution in [1.29, 1.82) is 0 Å². The van der Waals surface area contributed by atoms with Crippen LogP contribution in [-0.4, -0.2) is 6.54 Å². The van der Waals surface area contributed by atoms with Crippen LogP contribution in [0.5, 0.6) is 0 Å². The molecule has 1 unspecified atom stereocenters. The maximum Gasteiger partial charge on any atom is 0.134 e. The Morgan fingerprint density at radius 3 is 2.75 bits per heavy atom. The zero-order valence-electron chi connectivity index (χ0n) is 12.6. The molecule has 1 heterocycles. The third kappa shape index (κ3) is 3.21. The van der Waals surface area contributed by atoms with Crippen molar-refractivity contribution in [2.75, 3.05) is 6.54 Å². The summed E-state index contributed by atoms with van der Waals surface area (Å²) in [6.45, 7) is 7.34. The first-order chi connectivity index (χ1) is 9.67. The number of fused-ring (bicyclic) bond motifs is 1. The summed E-state index contributed by atoms with van der Waals surface area (Å²) in [5.74, 6) is 0.757. The fraction of sp³-hybridized carbons (Fsp3) is 0.529. The van der Waals surface area contributed by atoms with Gasteiger partial charge >= 0.3 is 0 Å². The Morgan fingerprint density at radius 2 is 2.05 bits per heavy atom. The van der Waals surface area contributed by atoms with Crippen LogP contribution in [0.1, 0.15) is 56.9 Å². The second-order valence-corrected chi connectivity index (χ2v) is 5.38. The van der Waals surface area contributed by atoms with Crippen LogP contribution in [0.2, 0.25) is 0 Å². The van der Waals surface area contributed by atoms with E-state index in [2.05, 4.69) is 19.2 Å². The van der Waals surface area contributed by atoms with Crippen LogP contribution in [0.3, 0.4) is 0 Å². The fourth-order valence-corrected chi connectivity index (χ4v) is 2.60. The first-order valence-electron chi connectivity index (χ1n) is 7.59. The van der Waals surface area contributed by atoms with Gasteiger partial charge in [0.05, 0.1) is 6.04 Å². The van der Waals surface area contributed by atoms with Gasteiger partial charge in [0.1, 0.15) is 17.2 Å². The SMILES string of the molecule is CCCCC(NCCC)c1oc2ccc(F)cc2c1C. The third-order valence-electron chi connectivity index (χ3n) is 3.74. The van der Waals surface area contributed by atoms with E-state index in [1.54, 1.807) is 12.1 Å². The van der Waals surface area contributed by atoms with Gasteiger partial charge in [0.15, 0.2) is 0 Å². The second kappa shape index (κ2) is 6.89. The third-order valence-corrected chi connectivity index (χ3v) is 3.74. The van der Waals surface area contributed by atoms with E-state index in [9.17, 15) is 4.39 Å². The van der Waals surface area contributed by atoms with E-state index in [-0.39, 0.29) is 11.9 Å². The number of aryl methyl sites for hydroxylation is 1. The molecule has 0 spiro atoms. The summed E-state index contributed by atoms with van der Waals surface area (Å²) >= 11 is 0. The molecule has 2 aromatic rings. The number of hydrogen-bond donors (Lipinski definition) is 1. The number of unbranched alkanes of at least 4 members (excludes halogenated alkanes) is 1. The molecule has 110 valence electrons. The summed E-state index contributed by atoms with van der Waals surface area (Å²) in [6, 6.07) is 4.97. The van der Waals surface area contributed by atoms with Crippen molar-refractivity contribution in [2.45, 2.75) is 52.5 Å². The van der Waals surface area contributed by atoms with E-state index in [4.69, 9.17) is 4.42 Å². The summed E-state index contributed by atoms with van der Waals surface area (Å²) in [6.07, 6.45) is 4.47. The van der Waals surface area contributed by atoms with Gasteiger partial charge in [-0.2, -0.15) is 0 Å². The molecule has 0 aliphatic carbocycles. The van der Waals surface area contributed by atoms with Crippen molar-refractivity contribution in [2.24, 2.45) is 0 Å². The van der Waals surface area contributed by atoms with E-state index in [0.717, 1.165) is 54.5 Å². The lowest BCUT2D eigenvalue weighted by Crippen LogP contribution is -2.22. The number of nitrogens with one attached hydrogen (secondary N) is 1. The van der Waals surface area contributed by atoms with Gasteiger partial charge in [-0.15, -0.1) is 0 Å². The van der Waals surface area contributed by atoms with E-state index in [1.807, 2.05) is 6.92 Å². The molecule has 1 aromatic heterocycles. The van der Waals surface area contributed by atoms with Crippen molar-refractivity contribution >= 4 is 11.0 Å². The molecular formula is C17H24FNO. The molecule has 0 amide bonds. The Morgan fingerprint density at radius 1 is 1.25 bits per heavy atom. The quantitative estimate of drug-likeness (QED) is 0.760. The molecule has 0 aliphatic rings. The highest BCUT2D eigenvalue weighted by molar-refractivity contribution is 5.82. The van der Waals surface area contributed by atoms with Crippen molar-refractivity contribution in [3.05, 3.63) is 35.3 Å². The molecular weight excluding hydrogens is 253 g/mol. The van der Waals surface area contributed by atoms with Crippen LogP contribution < -0.4 is 5.32 Å². The minimum absolute atomic E-state index is 0.209. The molecule has 1 aromatic carbocycles. The van der Waals surface area contributed by atoms with Gasteiger partial charge < -0.3 is 9.73 Å². The van der Waals surface area contributed by atoms with Gasteiger partial charge in [-0.25, -0.2) is 4.39 Å². The lowest BCUT2D eigenvalue weighted by atomic mass is 10.0. The molecule has 0 saturated heterocycles. The van der Waals surface area contributed by atoms with Crippen molar-refractivity contribution in [3.8, 4) is 0 Å². The van der Waals surface area contributed by atoms with Crippen LogP contribution >= 0.6 is 0 Å². The van der Waals surface area contributed by atoms with Crippen molar-refractivity contribution in [1.82, 2.24) is 5.32 Å². The van der Waals surface area contributed by atoms with Gasteiger partial charge in [0.2, 0.25) is 0 Å². The number of hydrogen-bond acceptors (Lipinski definition) is 2. The summed E-state index contributed by atoms with van der Waals surface area (Å²) in [5.41, 5.74) is 1.84. The Labute approximate surface area is 120 Å². The largest absolute Gasteiger partial charge is 0.459 e. The highest BCUT2D eigenvalue weighted by atomic mass is 19.1. The molecule has 0 saturated carbocycles. The molecule has 1 N–H and O–H groups in total. The van der Waals surface area contributed by atoms with E-state index in [1.165, 1.54) is 6.07 Å². The molecule has 2 rings (SSSR count). The van der Waals surface area contributed by atoms with Gasteiger partial charge in [0, 0.05) is 10.9 Å². The summed E-state index contributed by atoms with van der Waals surface area (Å²) in [4.78, 5) is 0. The zero-order chi connectivity index (χ0) is 14.5. The topological polar surface area (TPSA) is 25.2 Å². The Balaban J connectivity index is 2.33. The second-order valence-electron chi connectivity index (χ2n) is 5.38. The Bertz CT molecular complexity index is 553. The van der Waals surface area contributed by atoms with Gasteiger partial charge in [-0.3, -0.25) is 0 Å². The molecule has 0 bridgehead atoms. The van der Waals surface area contributed by atoms with E-state index in [0.29, 0.717) is 0 Å². The smallest absolute Gasteiger partial charge is 0.134 e. The normalized spacial score (nSPS) is 13.0. The van der Waals surface area contributed by atoms with Crippen molar-refractivity contribution < 1.29 is 8.81 Å². The minimum Gasteiger partial charge on any atom is -0.459 e. The minimum atomic E-state index is -0.209. The lowest BCUT2D eigenvalue weighted by molar-refractivity contribution is 0.399. The summed E-state index contributed by atoms with van der Waals surface area (Å²) in [7, 11) is 0. The first kappa shape index (κ1) is 15.0. The maximum absolute atomic E-state index is 13.4. The Kier molecular flexibility index (Phi) is 5.18. The fourth-order valence-electron chi connectivity index (χ4n) is 2.60. The van der Waals surface area contributed by atoms with Gasteiger partial charge in [-0.05, 0) is 44.5 Å². The van der Waals surface area contributed by atoms with Crippen LogP contribution in [-0.2, 0) is 0 Å². The maximum atomic E-state index is 13.4. The monoisotopic (exact) mass is 277 g/mol. The van der Waals surface area contributed by atoms with Crippen LogP contribution in [0, 0.1) is 12.7 Å². The Hall–Kier alpha value is -1.35. The number of benzene rings is 1. The highest BCUT2D eigenvalue weighted by Crippen LogP contribution is 2.32. The highest BCUT2D eigenvalue weighted by Gasteiger charge is 2.19. The predicted molar refractivity (Wildman–Crippen MR) is 81.5 cm³/mol. The predicted octanol–water partition coefficient (Wildman–Crippen LogP) is 5.11. The van der Waals surface area contributed by atoms with Gasteiger partial charge in [-0.1, -0.05) is 26.7 Å². The average molecular weight is 277 g/mol. The molecule has 0 fully saturated rings. The van der Waals surface area contributed by atoms with Crippen LogP contribution in [0.4, 0.5) is 4.39 Å². The van der Waals surface area contributed by atoms with Crippen LogP contribution in [0.15, 0.2) is 22.6 Å². The molecule has 0 aliphatic heterocycles. The molecule has 1 atom stereocenters. The average Bonchev–Trinajstić information content (AvgIpc) is 2.76. The lowest BCUT2D eigenvalue weighted by Gasteiger charge is -2.16. The van der Waals surface area contributed by atoms with E-state index >= 15 is 0 Å². The summed E-state index contributed by atoms with van der Waals surface area (Å²) in [5, 5.41) is 4.44. The zero-order valence-corrected chi connectivity index (χ0v) is 12.6. The molecule has 3 heteroatoms. The number of rotatable bonds is 7. The van der Waals surface area contributed by atoms with Gasteiger partial charge in [0.25, 0.3) is 0 Å². The van der Waals surface area contributed by atoms with Crippen LogP contribution in [0.25, 0.3) is 11.0 Å².